The molecule has 1 atom stereocenters. The van der Waals surface area contributed by atoms with Crippen molar-refractivity contribution in [3.63, 3.8) is 0 Å². The summed E-state index contributed by atoms with van der Waals surface area (Å²) in [5.74, 6) is 4.26. The van der Waals surface area contributed by atoms with E-state index in [-0.39, 0.29) is 12.1 Å². The zero-order valence-electron chi connectivity index (χ0n) is 22.5. The van der Waals surface area contributed by atoms with Crippen molar-refractivity contribution in [1.29, 1.82) is 5.53 Å². The summed E-state index contributed by atoms with van der Waals surface area (Å²) in [6.07, 6.45) is 3.85. The van der Waals surface area contributed by atoms with Gasteiger partial charge in [-0.2, -0.15) is 5.11 Å². The molecule has 196 valence electrons. The summed E-state index contributed by atoms with van der Waals surface area (Å²) in [7, 11) is 0. The van der Waals surface area contributed by atoms with Crippen LogP contribution in [0.1, 0.15) is 68.7 Å². The van der Waals surface area contributed by atoms with Crippen molar-refractivity contribution in [2.24, 2.45) is 16.4 Å². The maximum Gasteiger partial charge on any atom is 0.322 e. The zero-order chi connectivity index (χ0) is 26.3. The fourth-order valence-electron chi connectivity index (χ4n) is 5.20. The van der Waals surface area contributed by atoms with Gasteiger partial charge < -0.3 is 10.2 Å². The van der Waals surface area contributed by atoms with Crippen molar-refractivity contribution in [1.82, 2.24) is 15.6 Å². The number of hydrogen-bond donors (Lipinski definition) is 5. The number of nitrogens with one attached hydrogen (secondary N) is 4. The quantitative estimate of drug-likeness (QED) is 0.190. The van der Waals surface area contributed by atoms with E-state index in [0.717, 1.165) is 53.6 Å². The highest BCUT2D eigenvalue weighted by Crippen LogP contribution is 2.39. The van der Waals surface area contributed by atoms with Gasteiger partial charge in [-0.05, 0) is 85.3 Å². The molecule has 2 aromatic rings. The van der Waals surface area contributed by atoms with Crippen molar-refractivity contribution in [2.45, 2.75) is 85.7 Å². The summed E-state index contributed by atoms with van der Waals surface area (Å²) in [5.41, 5.74) is 15.4. The fraction of sp³-hybridized carbons (Fsp3) is 0.536. The Hall–Kier alpha value is -2.81. The SMILES string of the molecule is Cc1cc(C)cc(NC(=O)N(Cc2ccc(CNC(N=N)N[NH3+])cc2)C2CCC(C(C)(C)C)CC2)c1. The Bertz CT molecular complexity index is 987. The first-order valence-corrected chi connectivity index (χ1v) is 13.0. The summed E-state index contributed by atoms with van der Waals surface area (Å²) >= 11 is 0. The molecule has 0 aromatic heterocycles. The molecule has 7 N–H and O–H groups in total. The van der Waals surface area contributed by atoms with Crippen LogP contribution in [0.25, 0.3) is 0 Å². The maximum atomic E-state index is 13.6. The molecule has 0 saturated heterocycles. The fourth-order valence-corrected chi connectivity index (χ4v) is 5.20. The Labute approximate surface area is 215 Å². The molecular formula is C28H44N7O+. The van der Waals surface area contributed by atoms with Gasteiger partial charge >= 0.3 is 6.03 Å². The average Bonchev–Trinajstić information content (AvgIpc) is 2.83. The number of benzene rings is 2. The predicted octanol–water partition coefficient (Wildman–Crippen LogP) is 5.09. The van der Waals surface area contributed by atoms with Crippen LogP contribution in [0.2, 0.25) is 0 Å². The van der Waals surface area contributed by atoms with Gasteiger partial charge in [0.05, 0.1) is 0 Å². The standard InChI is InChI=1S/C28H43N7O/c1-19-14-20(2)16-24(15-19)32-27(36)35(25-12-10-23(11-13-25)28(3,4)5)18-22-8-6-21(7-9-22)17-31-26(33-29)34-30/h6-9,14-16,23,25-26,29,31,34H,10-13,17-18,30H2,1-5H3,(H,32,36)/p+1. The van der Waals surface area contributed by atoms with Crippen LogP contribution in [0, 0.1) is 30.7 Å². The molecule has 36 heavy (non-hydrogen) atoms. The summed E-state index contributed by atoms with van der Waals surface area (Å²) in [6, 6.07) is 14.6. The molecule has 0 spiro atoms. The van der Waals surface area contributed by atoms with Crippen LogP contribution in [-0.2, 0) is 13.1 Å². The smallest absolute Gasteiger partial charge is 0.317 e. The molecule has 0 radical (unpaired) electrons. The van der Waals surface area contributed by atoms with Gasteiger partial charge in [-0.1, -0.05) is 51.1 Å². The minimum atomic E-state index is -0.502. The normalized spacial score (nSPS) is 18.9. The minimum absolute atomic E-state index is 0.0358. The third kappa shape index (κ3) is 7.85. The van der Waals surface area contributed by atoms with Gasteiger partial charge in [0.1, 0.15) is 0 Å². The van der Waals surface area contributed by atoms with E-state index in [1.807, 2.05) is 17.0 Å². The Kier molecular flexibility index (Phi) is 9.59. The number of carbonyl (C=O) groups excluding carboxylic acids is 1. The van der Waals surface area contributed by atoms with Crippen molar-refractivity contribution < 1.29 is 10.6 Å². The van der Waals surface area contributed by atoms with Crippen LogP contribution in [0.3, 0.4) is 0 Å². The number of quaternary nitrogens is 1. The van der Waals surface area contributed by atoms with E-state index in [2.05, 4.69) is 92.0 Å². The Morgan fingerprint density at radius 2 is 1.64 bits per heavy atom. The number of carbonyl (C=O) groups is 1. The third-order valence-corrected chi connectivity index (χ3v) is 7.29. The van der Waals surface area contributed by atoms with Crippen LogP contribution in [0.4, 0.5) is 10.5 Å². The van der Waals surface area contributed by atoms with E-state index in [0.29, 0.717) is 24.4 Å². The molecule has 0 bridgehead atoms. The van der Waals surface area contributed by atoms with Gasteiger partial charge in [0, 0.05) is 24.8 Å². The number of rotatable bonds is 9. The van der Waals surface area contributed by atoms with Crippen LogP contribution in [0.5, 0.6) is 0 Å². The van der Waals surface area contributed by atoms with Crippen molar-refractivity contribution in [3.05, 3.63) is 64.7 Å². The molecule has 0 heterocycles. The van der Waals surface area contributed by atoms with E-state index in [4.69, 9.17) is 5.53 Å². The topological polar surface area (TPSA) is 120 Å². The predicted molar refractivity (Wildman–Crippen MR) is 144 cm³/mol. The second kappa shape index (κ2) is 12.4. The number of anilines is 1. The molecule has 1 unspecified atom stereocenters. The largest absolute Gasteiger partial charge is 0.322 e. The number of urea groups is 1. The first-order valence-electron chi connectivity index (χ1n) is 13.0. The molecule has 1 aliphatic carbocycles. The van der Waals surface area contributed by atoms with Crippen LogP contribution >= 0.6 is 0 Å². The summed E-state index contributed by atoms with van der Waals surface area (Å²) in [4.78, 5) is 15.6. The van der Waals surface area contributed by atoms with Gasteiger partial charge in [-0.15, -0.1) is 5.43 Å². The molecule has 1 fully saturated rings. The van der Waals surface area contributed by atoms with Crippen LogP contribution in [0.15, 0.2) is 47.6 Å². The average molecular weight is 495 g/mol. The Balaban J connectivity index is 1.74. The lowest BCUT2D eigenvalue weighted by Crippen LogP contribution is -2.71. The molecule has 2 amide bonds. The minimum Gasteiger partial charge on any atom is -0.317 e. The lowest BCUT2D eigenvalue weighted by molar-refractivity contribution is -0.454. The second-order valence-electron chi connectivity index (χ2n) is 11.2. The molecule has 0 aliphatic heterocycles. The highest BCUT2D eigenvalue weighted by molar-refractivity contribution is 5.89. The number of amides is 2. The first kappa shape index (κ1) is 27.8. The maximum absolute atomic E-state index is 13.6. The van der Waals surface area contributed by atoms with E-state index in [9.17, 15) is 4.79 Å². The molecule has 8 nitrogen and oxygen atoms in total. The molecular weight excluding hydrogens is 450 g/mol. The van der Waals surface area contributed by atoms with E-state index in [1.165, 1.54) is 0 Å². The number of hydrogen-bond acceptors (Lipinski definition) is 5. The molecule has 2 aromatic carbocycles. The number of nitrogens with zero attached hydrogens (tertiary/aromatic N) is 2. The zero-order valence-corrected chi connectivity index (χ0v) is 22.5. The van der Waals surface area contributed by atoms with Crippen LogP contribution < -0.4 is 21.9 Å². The molecule has 1 saturated carbocycles. The van der Waals surface area contributed by atoms with Crippen LogP contribution in [-0.4, -0.2) is 23.3 Å². The van der Waals surface area contributed by atoms with Gasteiger partial charge in [0.2, 0.25) is 6.29 Å². The molecule has 8 heteroatoms. The van der Waals surface area contributed by atoms with Gasteiger partial charge in [0.25, 0.3) is 0 Å². The van der Waals surface area contributed by atoms with Gasteiger partial charge in [-0.25, -0.2) is 10.3 Å². The lowest BCUT2D eigenvalue weighted by Gasteiger charge is -2.41. The monoisotopic (exact) mass is 494 g/mol. The lowest BCUT2D eigenvalue weighted by atomic mass is 9.71. The summed E-state index contributed by atoms with van der Waals surface area (Å²) in [6.45, 7) is 12.2. The van der Waals surface area contributed by atoms with Crippen molar-refractivity contribution >= 4 is 11.7 Å². The Morgan fingerprint density at radius 3 is 2.17 bits per heavy atom. The summed E-state index contributed by atoms with van der Waals surface area (Å²) in [5, 5.41) is 9.72. The molecule has 1 aliphatic rings. The second-order valence-corrected chi connectivity index (χ2v) is 11.2. The van der Waals surface area contributed by atoms with E-state index in [1.54, 1.807) is 0 Å². The molecule has 3 rings (SSSR count). The highest BCUT2D eigenvalue weighted by atomic mass is 16.2. The van der Waals surface area contributed by atoms with E-state index < -0.39 is 6.29 Å². The van der Waals surface area contributed by atoms with Crippen molar-refractivity contribution in [2.75, 3.05) is 5.32 Å². The number of aryl methyl sites for hydroxylation is 2. The van der Waals surface area contributed by atoms with E-state index >= 15 is 0 Å². The van der Waals surface area contributed by atoms with Gasteiger partial charge in [0.15, 0.2) is 0 Å². The highest BCUT2D eigenvalue weighted by Gasteiger charge is 2.33. The summed E-state index contributed by atoms with van der Waals surface area (Å²) < 4.78 is 0. The third-order valence-electron chi connectivity index (χ3n) is 7.29. The van der Waals surface area contributed by atoms with Gasteiger partial charge in [-0.3, -0.25) is 11.2 Å². The van der Waals surface area contributed by atoms with Crippen molar-refractivity contribution in [3.8, 4) is 0 Å². The Morgan fingerprint density at radius 1 is 1.06 bits per heavy atom. The first-order chi connectivity index (χ1) is 17.1.